The monoisotopic (exact) mass is 259 g/mol. The molecule has 4 heteroatoms. The molecule has 2 N–H and O–H groups in total. The molecule has 2 aliphatic rings. The van der Waals surface area contributed by atoms with Gasteiger partial charge in [0.25, 0.3) is 0 Å². The van der Waals surface area contributed by atoms with E-state index in [1.54, 1.807) is 0 Å². The SMILES string of the molecule is O=C(NCc1ccccc1)N1CCC2CCC(C1)N2. The standard InChI is InChI=1S/C15H21N3O/c19-15(16-10-12-4-2-1-3-5-12)18-9-8-13-6-7-14(11-18)17-13/h1-5,13-14,17H,6-11H2,(H,16,19). The average molecular weight is 259 g/mol. The van der Waals surface area contributed by atoms with Gasteiger partial charge < -0.3 is 15.5 Å². The van der Waals surface area contributed by atoms with E-state index in [0.29, 0.717) is 18.6 Å². The smallest absolute Gasteiger partial charge is 0.317 e. The molecule has 2 saturated heterocycles. The third kappa shape index (κ3) is 3.07. The summed E-state index contributed by atoms with van der Waals surface area (Å²) in [4.78, 5) is 14.1. The molecule has 2 bridgehead atoms. The Kier molecular flexibility index (Phi) is 3.69. The van der Waals surface area contributed by atoms with Crippen molar-refractivity contribution in [3.63, 3.8) is 0 Å². The minimum absolute atomic E-state index is 0.0678. The van der Waals surface area contributed by atoms with Crippen molar-refractivity contribution in [1.29, 1.82) is 0 Å². The van der Waals surface area contributed by atoms with E-state index < -0.39 is 0 Å². The number of likely N-dealkylation sites (tertiary alicyclic amines) is 1. The molecule has 0 aromatic heterocycles. The van der Waals surface area contributed by atoms with E-state index in [-0.39, 0.29) is 6.03 Å². The van der Waals surface area contributed by atoms with Crippen LogP contribution < -0.4 is 10.6 Å². The van der Waals surface area contributed by atoms with Crippen LogP contribution in [0.1, 0.15) is 24.8 Å². The molecule has 2 unspecified atom stereocenters. The van der Waals surface area contributed by atoms with Crippen molar-refractivity contribution >= 4 is 6.03 Å². The van der Waals surface area contributed by atoms with Gasteiger partial charge in [-0.1, -0.05) is 30.3 Å². The van der Waals surface area contributed by atoms with Gasteiger partial charge in [0, 0.05) is 31.7 Å². The maximum Gasteiger partial charge on any atom is 0.317 e. The molecule has 0 spiro atoms. The van der Waals surface area contributed by atoms with Gasteiger partial charge in [0.2, 0.25) is 0 Å². The molecule has 2 heterocycles. The van der Waals surface area contributed by atoms with Gasteiger partial charge in [-0.05, 0) is 24.8 Å². The summed E-state index contributed by atoms with van der Waals surface area (Å²) < 4.78 is 0. The number of fused-ring (bicyclic) bond motifs is 2. The fraction of sp³-hybridized carbons (Fsp3) is 0.533. The molecule has 2 fully saturated rings. The second kappa shape index (κ2) is 5.61. The first kappa shape index (κ1) is 12.5. The number of nitrogens with one attached hydrogen (secondary N) is 2. The van der Waals surface area contributed by atoms with Crippen LogP contribution in [0.15, 0.2) is 30.3 Å². The lowest BCUT2D eigenvalue weighted by Gasteiger charge is -2.24. The Labute approximate surface area is 114 Å². The quantitative estimate of drug-likeness (QED) is 0.849. The Morgan fingerprint density at radius 2 is 2.00 bits per heavy atom. The second-order valence-corrected chi connectivity index (χ2v) is 5.52. The molecule has 1 aromatic carbocycles. The molecule has 4 nitrogen and oxygen atoms in total. The fourth-order valence-electron chi connectivity index (χ4n) is 3.01. The predicted octanol–water partition coefficient (Wildman–Crippen LogP) is 1.72. The van der Waals surface area contributed by atoms with E-state index in [1.165, 1.54) is 12.8 Å². The maximum atomic E-state index is 12.2. The maximum absolute atomic E-state index is 12.2. The molecule has 102 valence electrons. The zero-order valence-electron chi connectivity index (χ0n) is 11.1. The topological polar surface area (TPSA) is 44.4 Å². The summed E-state index contributed by atoms with van der Waals surface area (Å²) in [5.74, 6) is 0. The first-order chi connectivity index (χ1) is 9.31. The number of nitrogens with zero attached hydrogens (tertiary/aromatic N) is 1. The summed E-state index contributed by atoms with van der Waals surface area (Å²) >= 11 is 0. The Bertz CT molecular complexity index is 434. The van der Waals surface area contributed by atoms with Crippen LogP contribution in [0.2, 0.25) is 0 Å². The summed E-state index contributed by atoms with van der Waals surface area (Å²) in [6.07, 6.45) is 3.55. The van der Waals surface area contributed by atoms with Crippen molar-refractivity contribution in [2.24, 2.45) is 0 Å². The van der Waals surface area contributed by atoms with Gasteiger partial charge in [0.15, 0.2) is 0 Å². The molecule has 2 aliphatic heterocycles. The number of amides is 2. The van der Waals surface area contributed by atoms with Crippen LogP contribution in [0.3, 0.4) is 0 Å². The first-order valence-corrected chi connectivity index (χ1v) is 7.14. The van der Waals surface area contributed by atoms with Crippen LogP contribution in [-0.4, -0.2) is 36.1 Å². The van der Waals surface area contributed by atoms with Gasteiger partial charge in [-0.25, -0.2) is 4.79 Å². The van der Waals surface area contributed by atoms with E-state index in [0.717, 1.165) is 25.1 Å². The highest BCUT2D eigenvalue weighted by atomic mass is 16.2. The number of hydrogen-bond donors (Lipinski definition) is 2. The number of carbonyl (C=O) groups excluding carboxylic acids is 1. The zero-order chi connectivity index (χ0) is 13.1. The summed E-state index contributed by atoms with van der Waals surface area (Å²) in [6, 6.07) is 11.2. The molecule has 2 atom stereocenters. The summed E-state index contributed by atoms with van der Waals surface area (Å²) in [7, 11) is 0. The number of urea groups is 1. The molecular formula is C15H21N3O. The van der Waals surface area contributed by atoms with Gasteiger partial charge in [-0.3, -0.25) is 0 Å². The fourth-order valence-corrected chi connectivity index (χ4v) is 3.01. The number of hydrogen-bond acceptors (Lipinski definition) is 2. The highest BCUT2D eigenvalue weighted by Crippen LogP contribution is 2.20. The second-order valence-electron chi connectivity index (χ2n) is 5.52. The lowest BCUT2D eigenvalue weighted by atomic mass is 10.1. The first-order valence-electron chi connectivity index (χ1n) is 7.14. The van der Waals surface area contributed by atoms with E-state index in [4.69, 9.17) is 0 Å². The van der Waals surface area contributed by atoms with Crippen LogP contribution in [0.5, 0.6) is 0 Å². The average Bonchev–Trinajstić information content (AvgIpc) is 2.77. The summed E-state index contributed by atoms with van der Waals surface area (Å²) in [5, 5.41) is 6.60. The molecule has 19 heavy (non-hydrogen) atoms. The number of benzene rings is 1. The van der Waals surface area contributed by atoms with Gasteiger partial charge >= 0.3 is 6.03 Å². The highest BCUT2D eigenvalue weighted by Gasteiger charge is 2.30. The largest absolute Gasteiger partial charge is 0.334 e. The van der Waals surface area contributed by atoms with Crippen LogP contribution in [0.25, 0.3) is 0 Å². The Morgan fingerprint density at radius 1 is 1.21 bits per heavy atom. The van der Waals surface area contributed by atoms with Crippen molar-refractivity contribution in [1.82, 2.24) is 15.5 Å². The van der Waals surface area contributed by atoms with Gasteiger partial charge in [0.1, 0.15) is 0 Å². The Balaban J connectivity index is 1.52. The van der Waals surface area contributed by atoms with Gasteiger partial charge in [0.05, 0.1) is 0 Å². The van der Waals surface area contributed by atoms with Crippen molar-refractivity contribution in [3.8, 4) is 0 Å². The molecular weight excluding hydrogens is 238 g/mol. The number of carbonyl (C=O) groups is 1. The van der Waals surface area contributed by atoms with Crippen molar-refractivity contribution < 1.29 is 4.79 Å². The molecule has 0 saturated carbocycles. The summed E-state index contributed by atoms with van der Waals surface area (Å²) in [6.45, 7) is 2.32. The number of rotatable bonds is 2. The van der Waals surface area contributed by atoms with Crippen LogP contribution in [-0.2, 0) is 6.54 Å². The van der Waals surface area contributed by atoms with Crippen molar-refractivity contribution in [3.05, 3.63) is 35.9 Å². The lowest BCUT2D eigenvalue weighted by Crippen LogP contribution is -2.44. The predicted molar refractivity (Wildman–Crippen MR) is 74.8 cm³/mol. The van der Waals surface area contributed by atoms with Crippen molar-refractivity contribution in [2.45, 2.75) is 37.9 Å². The minimum atomic E-state index is 0.0678. The molecule has 2 amide bonds. The summed E-state index contributed by atoms with van der Waals surface area (Å²) in [5.41, 5.74) is 1.14. The minimum Gasteiger partial charge on any atom is -0.334 e. The van der Waals surface area contributed by atoms with Crippen LogP contribution >= 0.6 is 0 Å². The van der Waals surface area contributed by atoms with E-state index in [2.05, 4.69) is 10.6 Å². The third-order valence-corrected chi connectivity index (χ3v) is 4.10. The third-order valence-electron chi connectivity index (χ3n) is 4.10. The molecule has 3 rings (SSSR count). The van der Waals surface area contributed by atoms with E-state index >= 15 is 0 Å². The van der Waals surface area contributed by atoms with E-state index in [9.17, 15) is 4.79 Å². The normalized spacial score (nSPS) is 26.0. The van der Waals surface area contributed by atoms with Crippen LogP contribution in [0.4, 0.5) is 4.79 Å². The molecule has 1 aromatic rings. The van der Waals surface area contributed by atoms with Crippen LogP contribution in [0, 0.1) is 0 Å². The van der Waals surface area contributed by atoms with Gasteiger partial charge in [-0.15, -0.1) is 0 Å². The zero-order valence-corrected chi connectivity index (χ0v) is 11.1. The molecule has 0 radical (unpaired) electrons. The Hall–Kier alpha value is -1.55. The van der Waals surface area contributed by atoms with Gasteiger partial charge in [-0.2, -0.15) is 0 Å². The molecule has 0 aliphatic carbocycles. The lowest BCUT2D eigenvalue weighted by molar-refractivity contribution is 0.194. The van der Waals surface area contributed by atoms with E-state index in [1.807, 2.05) is 35.2 Å². The highest BCUT2D eigenvalue weighted by molar-refractivity contribution is 5.74. The Morgan fingerprint density at radius 3 is 2.84 bits per heavy atom. The van der Waals surface area contributed by atoms with Crippen molar-refractivity contribution in [2.75, 3.05) is 13.1 Å².